The number of ketones is 1. The molecular weight excluding hydrogens is 436 g/mol. The van der Waals surface area contributed by atoms with E-state index in [0.717, 1.165) is 5.56 Å². The van der Waals surface area contributed by atoms with Gasteiger partial charge in [0.1, 0.15) is 6.04 Å². The molecule has 2 N–H and O–H groups in total. The lowest BCUT2D eigenvalue weighted by Gasteiger charge is -2.19. The van der Waals surface area contributed by atoms with Crippen molar-refractivity contribution in [3.63, 3.8) is 0 Å². The van der Waals surface area contributed by atoms with Gasteiger partial charge in [-0.1, -0.05) is 54.1 Å². The highest BCUT2D eigenvalue weighted by molar-refractivity contribution is 7.89. The fourth-order valence-electron chi connectivity index (χ4n) is 2.95. The van der Waals surface area contributed by atoms with Crippen molar-refractivity contribution in [2.24, 2.45) is 0 Å². The molecule has 0 heterocycles. The summed E-state index contributed by atoms with van der Waals surface area (Å²) in [6.45, 7) is 1.43. The third kappa shape index (κ3) is 6.24. The van der Waals surface area contributed by atoms with Crippen molar-refractivity contribution in [2.75, 3.05) is 5.32 Å². The second kappa shape index (κ2) is 9.87. The molecule has 0 radical (unpaired) electrons. The van der Waals surface area contributed by atoms with Gasteiger partial charge in [-0.2, -0.15) is 4.72 Å². The third-order valence-electron chi connectivity index (χ3n) is 4.56. The summed E-state index contributed by atoms with van der Waals surface area (Å²) >= 11 is 5.85. The van der Waals surface area contributed by atoms with Crippen molar-refractivity contribution in [3.8, 4) is 0 Å². The summed E-state index contributed by atoms with van der Waals surface area (Å²) in [5.74, 6) is -0.678. The Morgan fingerprint density at radius 2 is 1.61 bits per heavy atom. The van der Waals surface area contributed by atoms with Crippen molar-refractivity contribution in [3.05, 3.63) is 95.0 Å². The monoisotopic (exact) mass is 456 g/mol. The minimum atomic E-state index is -3.98. The van der Waals surface area contributed by atoms with E-state index in [1.165, 1.54) is 31.2 Å². The van der Waals surface area contributed by atoms with Crippen molar-refractivity contribution >= 4 is 39.0 Å². The third-order valence-corrected chi connectivity index (χ3v) is 6.30. The molecule has 1 atom stereocenters. The summed E-state index contributed by atoms with van der Waals surface area (Å²) in [4.78, 5) is 24.6. The van der Waals surface area contributed by atoms with Crippen LogP contribution in [0.1, 0.15) is 22.8 Å². The van der Waals surface area contributed by atoms with Gasteiger partial charge in [0.05, 0.1) is 4.90 Å². The lowest BCUT2D eigenvalue weighted by molar-refractivity contribution is -0.117. The summed E-state index contributed by atoms with van der Waals surface area (Å²) in [5, 5.41) is 3.11. The molecule has 0 aliphatic carbocycles. The molecule has 1 amide bonds. The number of hydrogen-bond donors (Lipinski definition) is 2. The van der Waals surface area contributed by atoms with Gasteiger partial charge in [-0.25, -0.2) is 8.42 Å². The summed E-state index contributed by atoms with van der Waals surface area (Å²) in [6, 6.07) is 20.2. The highest BCUT2D eigenvalue weighted by Gasteiger charge is 2.26. The number of benzene rings is 3. The number of halogens is 1. The van der Waals surface area contributed by atoms with E-state index in [2.05, 4.69) is 10.0 Å². The van der Waals surface area contributed by atoms with Crippen LogP contribution in [0.2, 0.25) is 5.02 Å². The Labute approximate surface area is 186 Å². The van der Waals surface area contributed by atoms with Gasteiger partial charge in [-0.3, -0.25) is 9.59 Å². The highest BCUT2D eigenvalue weighted by atomic mass is 35.5. The van der Waals surface area contributed by atoms with Gasteiger partial charge >= 0.3 is 0 Å². The lowest BCUT2D eigenvalue weighted by Crippen LogP contribution is -2.45. The SMILES string of the molecule is CC(=O)c1cccc(NC(=O)[C@@H](Cc2ccccc2)NS(=O)(=O)c2ccc(Cl)cc2)c1. The number of sulfonamides is 1. The van der Waals surface area contributed by atoms with Crippen LogP contribution in [0, 0.1) is 0 Å². The Balaban J connectivity index is 1.86. The van der Waals surface area contributed by atoms with E-state index < -0.39 is 22.0 Å². The first-order chi connectivity index (χ1) is 14.7. The van der Waals surface area contributed by atoms with Crippen LogP contribution in [0.5, 0.6) is 0 Å². The summed E-state index contributed by atoms with van der Waals surface area (Å²) in [7, 11) is -3.98. The van der Waals surface area contributed by atoms with Crippen molar-refractivity contribution in [2.45, 2.75) is 24.3 Å². The molecule has 0 saturated heterocycles. The molecule has 0 aliphatic heterocycles. The molecule has 8 heteroatoms. The quantitative estimate of drug-likeness (QED) is 0.500. The minimum absolute atomic E-state index is 0.00124. The van der Waals surface area contributed by atoms with Crippen LogP contribution in [-0.2, 0) is 21.2 Å². The molecule has 160 valence electrons. The van der Waals surface area contributed by atoms with Gasteiger partial charge in [-0.05, 0) is 55.3 Å². The summed E-state index contributed by atoms with van der Waals surface area (Å²) in [5.41, 5.74) is 1.64. The first-order valence-corrected chi connectivity index (χ1v) is 11.3. The van der Waals surface area contributed by atoms with E-state index >= 15 is 0 Å². The predicted molar refractivity (Wildman–Crippen MR) is 121 cm³/mol. The standard InChI is InChI=1S/C23H21ClN2O4S/c1-16(27)18-8-5-9-20(15-18)25-23(28)22(14-17-6-3-2-4-7-17)26-31(29,30)21-12-10-19(24)11-13-21/h2-13,15,22,26H,14H2,1H3,(H,25,28)/t22-/m1/s1. The fraction of sp³-hybridized carbons (Fsp3) is 0.130. The van der Waals surface area contributed by atoms with Gasteiger partial charge in [0, 0.05) is 16.3 Å². The number of amides is 1. The first-order valence-electron chi connectivity index (χ1n) is 9.48. The Kier molecular flexibility index (Phi) is 7.22. The lowest BCUT2D eigenvalue weighted by atomic mass is 10.1. The molecule has 0 fully saturated rings. The smallest absolute Gasteiger partial charge is 0.242 e. The first kappa shape index (κ1) is 22.7. The molecule has 0 bridgehead atoms. The van der Waals surface area contributed by atoms with Crippen LogP contribution in [-0.4, -0.2) is 26.2 Å². The van der Waals surface area contributed by atoms with Crippen LogP contribution in [0.25, 0.3) is 0 Å². The molecule has 0 aliphatic rings. The zero-order valence-electron chi connectivity index (χ0n) is 16.7. The zero-order valence-corrected chi connectivity index (χ0v) is 18.3. The zero-order chi connectivity index (χ0) is 22.4. The topological polar surface area (TPSA) is 92.3 Å². The Morgan fingerprint density at radius 1 is 0.935 bits per heavy atom. The highest BCUT2D eigenvalue weighted by Crippen LogP contribution is 2.17. The van der Waals surface area contributed by atoms with Crippen LogP contribution in [0.15, 0.2) is 83.8 Å². The molecule has 31 heavy (non-hydrogen) atoms. The maximum absolute atomic E-state index is 13.0. The number of rotatable bonds is 8. The average molecular weight is 457 g/mol. The van der Waals surface area contributed by atoms with Gasteiger partial charge in [0.2, 0.25) is 15.9 Å². The van der Waals surface area contributed by atoms with Crippen LogP contribution < -0.4 is 10.0 Å². The molecule has 6 nitrogen and oxygen atoms in total. The maximum atomic E-state index is 13.0. The molecule has 0 aromatic heterocycles. The van der Waals surface area contributed by atoms with Crippen molar-refractivity contribution < 1.29 is 18.0 Å². The molecule has 0 spiro atoms. The fourth-order valence-corrected chi connectivity index (χ4v) is 4.27. The van der Waals surface area contributed by atoms with E-state index in [1.54, 1.807) is 24.3 Å². The van der Waals surface area contributed by atoms with E-state index in [9.17, 15) is 18.0 Å². The molecular formula is C23H21ClN2O4S. The Hall–Kier alpha value is -3.00. The Bertz CT molecular complexity index is 1180. The van der Waals surface area contributed by atoms with Crippen LogP contribution in [0.4, 0.5) is 5.69 Å². The van der Waals surface area contributed by atoms with Crippen LogP contribution in [0.3, 0.4) is 0 Å². The molecule has 0 saturated carbocycles. The molecule has 0 unspecified atom stereocenters. The molecule has 3 aromatic carbocycles. The summed E-state index contributed by atoms with van der Waals surface area (Å²) in [6.07, 6.45) is 0.145. The number of Topliss-reactive ketones (excluding diaryl/α,β-unsaturated/α-hetero) is 1. The van der Waals surface area contributed by atoms with E-state index in [4.69, 9.17) is 11.6 Å². The number of carbonyl (C=O) groups is 2. The number of carbonyl (C=O) groups excluding carboxylic acids is 2. The van der Waals surface area contributed by atoms with Crippen molar-refractivity contribution in [1.29, 1.82) is 0 Å². The molecule has 3 aromatic rings. The average Bonchev–Trinajstić information content (AvgIpc) is 2.74. The second-order valence-electron chi connectivity index (χ2n) is 6.94. The van der Waals surface area contributed by atoms with Crippen molar-refractivity contribution in [1.82, 2.24) is 4.72 Å². The van der Waals surface area contributed by atoms with Gasteiger partial charge in [0.15, 0.2) is 5.78 Å². The van der Waals surface area contributed by atoms with E-state index in [1.807, 2.05) is 30.3 Å². The predicted octanol–water partition coefficient (Wildman–Crippen LogP) is 4.07. The molecule has 3 rings (SSSR count). The van der Waals surface area contributed by atoms with Gasteiger partial charge in [0.25, 0.3) is 0 Å². The number of anilines is 1. The van der Waals surface area contributed by atoms with Gasteiger partial charge < -0.3 is 5.32 Å². The maximum Gasteiger partial charge on any atom is 0.242 e. The second-order valence-corrected chi connectivity index (χ2v) is 9.09. The van der Waals surface area contributed by atoms with E-state index in [-0.39, 0.29) is 17.1 Å². The summed E-state index contributed by atoms with van der Waals surface area (Å²) < 4.78 is 28.2. The number of nitrogens with one attached hydrogen (secondary N) is 2. The minimum Gasteiger partial charge on any atom is -0.325 e. The largest absolute Gasteiger partial charge is 0.325 e. The normalized spacial score (nSPS) is 12.2. The Morgan fingerprint density at radius 3 is 2.26 bits per heavy atom. The van der Waals surface area contributed by atoms with E-state index in [0.29, 0.717) is 16.3 Å². The number of hydrogen-bond acceptors (Lipinski definition) is 4. The van der Waals surface area contributed by atoms with Gasteiger partial charge in [-0.15, -0.1) is 0 Å². The van der Waals surface area contributed by atoms with Crippen LogP contribution >= 0.6 is 11.6 Å².